The van der Waals surface area contributed by atoms with Crippen molar-refractivity contribution < 1.29 is 4.79 Å². The minimum Gasteiger partial charge on any atom is -0.366 e. The Bertz CT molecular complexity index is 703. The molecule has 0 aliphatic heterocycles. The van der Waals surface area contributed by atoms with Crippen molar-refractivity contribution in [1.82, 2.24) is 4.57 Å². The summed E-state index contributed by atoms with van der Waals surface area (Å²) in [6.07, 6.45) is 0. The van der Waals surface area contributed by atoms with Crippen molar-refractivity contribution in [2.24, 2.45) is 11.7 Å². The molecule has 21 heavy (non-hydrogen) atoms. The van der Waals surface area contributed by atoms with E-state index in [4.69, 9.17) is 11.0 Å². The first-order chi connectivity index (χ1) is 9.93. The molecule has 0 aliphatic carbocycles. The Morgan fingerprint density at radius 2 is 1.95 bits per heavy atom. The van der Waals surface area contributed by atoms with Crippen LogP contribution in [-0.4, -0.2) is 10.5 Å². The number of hydrogen-bond donors (Lipinski definition) is 1. The van der Waals surface area contributed by atoms with E-state index in [2.05, 4.69) is 24.5 Å². The van der Waals surface area contributed by atoms with Gasteiger partial charge < -0.3 is 10.3 Å². The zero-order chi connectivity index (χ0) is 15.6. The van der Waals surface area contributed by atoms with Crippen molar-refractivity contribution >= 4 is 5.91 Å². The number of benzene rings is 1. The van der Waals surface area contributed by atoms with Gasteiger partial charge >= 0.3 is 0 Å². The third-order valence-corrected chi connectivity index (χ3v) is 3.49. The number of hydrogen-bond acceptors (Lipinski definition) is 2. The molecule has 0 spiro atoms. The van der Waals surface area contributed by atoms with Crippen LogP contribution in [-0.2, 0) is 6.54 Å². The highest BCUT2D eigenvalue weighted by molar-refractivity contribution is 5.95. The molecule has 0 bridgehead atoms. The van der Waals surface area contributed by atoms with Gasteiger partial charge in [0.1, 0.15) is 0 Å². The second kappa shape index (κ2) is 5.84. The Labute approximate surface area is 124 Å². The summed E-state index contributed by atoms with van der Waals surface area (Å²) in [7, 11) is 0. The summed E-state index contributed by atoms with van der Waals surface area (Å²) in [5, 5.41) is 8.88. The zero-order valence-corrected chi connectivity index (χ0v) is 12.6. The maximum absolute atomic E-state index is 11.6. The summed E-state index contributed by atoms with van der Waals surface area (Å²) < 4.78 is 2.12. The number of nitriles is 1. The van der Waals surface area contributed by atoms with Crippen molar-refractivity contribution in [1.29, 1.82) is 5.26 Å². The smallest absolute Gasteiger partial charge is 0.250 e. The highest BCUT2D eigenvalue weighted by Crippen LogP contribution is 2.27. The Balaban J connectivity index is 2.57. The van der Waals surface area contributed by atoms with Gasteiger partial charge in [-0.05, 0) is 36.6 Å². The fraction of sp³-hybridized carbons (Fsp3) is 0.294. The molecule has 0 saturated carbocycles. The lowest BCUT2D eigenvalue weighted by atomic mass is 10.1. The van der Waals surface area contributed by atoms with Crippen LogP contribution in [0.25, 0.3) is 11.3 Å². The second-order valence-corrected chi connectivity index (χ2v) is 5.59. The van der Waals surface area contributed by atoms with E-state index < -0.39 is 5.91 Å². The number of aromatic nitrogens is 1. The van der Waals surface area contributed by atoms with E-state index in [9.17, 15) is 4.79 Å². The van der Waals surface area contributed by atoms with Gasteiger partial charge in [-0.1, -0.05) is 26.0 Å². The summed E-state index contributed by atoms with van der Waals surface area (Å²) in [5.41, 5.74) is 9.44. The van der Waals surface area contributed by atoms with Crippen LogP contribution in [0.4, 0.5) is 0 Å². The molecule has 0 saturated heterocycles. The number of carbonyl (C=O) groups excluding carboxylic acids is 1. The maximum atomic E-state index is 11.6. The molecule has 4 heteroatoms. The first kappa shape index (κ1) is 14.9. The third kappa shape index (κ3) is 2.97. The molecular weight excluding hydrogens is 262 g/mol. The molecule has 1 aromatic carbocycles. The van der Waals surface area contributed by atoms with Crippen LogP contribution in [0.2, 0.25) is 0 Å². The minimum absolute atomic E-state index is 0.412. The molecular formula is C17H19N3O. The summed E-state index contributed by atoms with van der Waals surface area (Å²) in [6.45, 7) is 6.99. The normalized spacial score (nSPS) is 10.6. The van der Waals surface area contributed by atoms with Gasteiger partial charge in [0.25, 0.3) is 5.91 Å². The highest BCUT2D eigenvalue weighted by atomic mass is 16.1. The number of rotatable bonds is 4. The lowest BCUT2D eigenvalue weighted by Crippen LogP contribution is -2.13. The molecule has 1 aromatic heterocycles. The first-order valence-corrected chi connectivity index (χ1v) is 6.94. The predicted molar refractivity (Wildman–Crippen MR) is 82.7 cm³/mol. The van der Waals surface area contributed by atoms with Crippen LogP contribution in [0.3, 0.4) is 0 Å². The average molecular weight is 281 g/mol. The fourth-order valence-corrected chi connectivity index (χ4v) is 2.45. The molecule has 2 N–H and O–H groups in total. The Hall–Kier alpha value is -2.54. The van der Waals surface area contributed by atoms with Crippen LogP contribution in [0.15, 0.2) is 30.3 Å². The van der Waals surface area contributed by atoms with Crippen molar-refractivity contribution in [2.75, 3.05) is 0 Å². The average Bonchev–Trinajstić information content (AvgIpc) is 2.76. The second-order valence-electron chi connectivity index (χ2n) is 5.59. The highest BCUT2D eigenvalue weighted by Gasteiger charge is 2.17. The first-order valence-electron chi connectivity index (χ1n) is 6.94. The summed E-state index contributed by atoms with van der Waals surface area (Å²) in [6, 6.07) is 11.3. The molecule has 0 aliphatic rings. The predicted octanol–water partition coefficient (Wildman–Crippen LogP) is 3.09. The molecule has 108 valence electrons. The molecule has 2 aromatic rings. The molecule has 1 heterocycles. The zero-order valence-electron chi connectivity index (χ0n) is 12.6. The van der Waals surface area contributed by atoms with E-state index in [0.717, 1.165) is 23.5 Å². The minimum atomic E-state index is -0.412. The van der Waals surface area contributed by atoms with Gasteiger partial charge in [-0.15, -0.1) is 0 Å². The number of primary amides is 1. The summed E-state index contributed by atoms with van der Waals surface area (Å²) in [4.78, 5) is 11.6. The number of nitrogens with two attached hydrogens (primary N) is 1. The monoisotopic (exact) mass is 281 g/mol. The van der Waals surface area contributed by atoms with E-state index in [0.29, 0.717) is 17.0 Å². The summed E-state index contributed by atoms with van der Waals surface area (Å²) in [5.74, 6) is 0.0406. The van der Waals surface area contributed by atoms with Crippen LogP contribution in [0.5, 0.6) is 0 Å². The van der Waals surface area contributed by atoms with Crippen molar-refractivity contribution in [3.05, 3.63) is 47.2 Å². The lowest BCUT2D eigenvalue weighted by Gasteiger charge is -2.14. The Kier molecular flexibility index (Phi) is 4.13. The Morgan fingerprint density at radius 1 is 1.33 bits per heavy atom. The fourth-order valence-electron chi connectivity index (χ4n) is 2.45. The van der Waals surface area contributed by atoms with E-state index >= 15 is 0 Å². The van der Waals surface area contributed by atoms with E-state index in [1.165, 1.54) is 0 Å². The molecule has 2 rings (SSSR count). The summed E-state index contributed by atoms with van der Waals surface area (Å²) >= 11 is 0. The Morgan fingerprint density at radius 3 is 2.43 bits per heavy atom. The van der Waals surface area contributed by atoms with Crippen LogP contribution in [0, 0.1) is 24.2 Å². The van der Waals surface area contributed by atoms with Crippen LogP contribution in [0.1, 0.15) is 35.5 Å². The molecule has 0 unspecified atom stereocenters. The number of carbonyl (C=O) groups is 1. The van der Waals surface area contributed by atoms with Crippen molar-refractivity contribution in [3.63, 3.8) is 0 Å². The van der Waals surface area contributed by atoms with Gasteiger partial charge in [0, 0.05) is 17.9 Å². The van der Waals surface area contributed by atoms with Gasteiger partial charge in [0.05, 0.1) is 17.2 Å². The molecule has 4 nitrogen and oxygen atoms in total. The van der Waals surface area contributed by atoms with Gasteiger partial charge in [0.15, 0.2) is 0 Å². The maximum Gasteiger partial charge on any atom is 0.250 e. The molecule has 0 fully saturated rings. The van der Waals surface area contributed by atoms with Gasteiger partial charge in [0.2, 0.25) is 0 Å². The quantitative estimate of drug-likeness (QED) is 0.935. The van der Waals surface area contributed by atoms with E-state index in [-0.39, 0.29) is 0 Å². The van der Waals surface area contributed by atoms with Crippen molar-refractivity contribution in [2.45, 2.75) is 27.3 Å². The molecule has 0 radical (unpaired) electrons. The SMILES string of the molecule is Cc1c(C(N)=O)cc(-c2ccc(C#N)cc2)n1CC(C)C. The van der Waals surface area contributed by atoms with Gasteiger partial charge in [-0.2, -0.15) is 5.26 Å². The number of nitrogens with zero attached hydrogens (tertiary/aromatic N) is 2. The van der Waals surface area contributed by atoms with Crippen molar-refractivity contribution in [3.8, 4) is 17.3 Å². The van der Waals surface area contributed by atoms with E-state index in [1.54, 1.807) is 12.1 Å². The van der Waals surface area contributed by atoms with Crippen LogP contribution < -0.4 is 5.73 Å². The molecule has 1 amide bonds. The van der Waals surface area contributed by atoms with Gasteiger partial charge in [-0.3, -0.25) is 4.79 Å². The van der Waals surface area contributed by atoms with Gasteiger partial charge in [-0.25, -0.2) is 0 Å². The molecule has 0 atom stereocenters. The lowest BCUT2D eigenvalue weighted by molar-refractivity contribution is 0.0999. The topological polar surface area (TPSA) is 71.8 Å². The largest absolute Gasteiger partial charge is 0.366 e. The number of amides is 1. The standard InChI is InChI=1S/C17H19N3O/c1-11(2)10-20-12(3)15(17(19)21)8-16(20)14-6-4-13(9-18)5-7-14/h4-8,11H,10H2,1-3H3,(H2,19,21). The van der Waals surface area contributed by atoms with Crippen LogP contribution >= 0.6 is 0 Å². The van der Waals surface area contributed by atoms with E-state index in [1.807, 2.05) is 25.1 Å². The third-order valence-electron chi connectivity index (χ3n) is 3.49.